The lowest BCUT2D eigenvalue weighted by atomic mass is 10.00. The topological polar surface area (TPSA) is 3.24 Å². The van der Waals surface area contributed by atoms with Gasteiger partial charge in [0.1, 0.15) is 5.49 Å². The highest BCUT2D eigenvalue weighted by Gasteiger charge is 2.14. The molecular formula is C9H18NS. The van der Waals surface area contributed by atoms with Crippen LogP contribution in [0.1, 0.15) is 34.1 Å². The summed E-state index contributed by atoms with van der Waals surface area (Å²) in [6.45, 7) is 9.74. The van der Waals surface area contributed by atoms with E-state index in [-0.39, 0.29) is 0 Å². The van der Waals surface area contributed by atoms with Gasteiger partial charge in [0.25, 0.3) is 0 Å². The van der Waals surface area contributed by atoms with Crippen LogP contribution in [0.25, 0.3) is 0 Å². The van der Waals surface area contributed by atoms with Crippen LogP contribution in [0.2, 0.25) is 0 Å². The molecule has 0 saturated heterocycles. The molecule has 1 nitrogen and oxygen atoms in total. The third-order valence-corrected chi connectivity index (χ3v) is 2.65. The molecule has 0 fully saturated rings. The molecule has 0 aromatic heterocycles. The molecule has 0 aliphatic heterocycles. The van der Waals surface area contributed by atoms with E-state index in [1.165, 1.54) is 6.42 Å². The molecule has 11 heavy (non-hydrogen) atoms. The monoisotopic (exact) mass is 172 g/mol. The fraction of sp³-hybridized carbons (Fsp3) is 0.889. The molecular weight excluding hydrogens is 154 g/mol. The molecule has 0 aromatic rings. The van der Waals surface area contributed by atoms with Gasteiger partial charge in [0.05, 0.1) is 0 Å². The van der Waals surface area contributed by atoms with Crippen molar-refractivity contribution in [1.82, 2.24) is 4.90 Å². The van der Waals surface area contributed by atoms with Crippen LogP contribution in [0.3, 0.4) is 0 Å². The quantitative estimate of drug-likeness (QED) is 0.463. The summed E-state index contributed by atoms with van der Waals surface area (Å²) in [5.74, 6) is 0.699. The third kappa shape index (κ3) is 3.19. The maximum Gasteiger partial charge on any atom is 0.137 e. The molecule has 0 bridgehead atoms. The first-order valence-electron chi connectivity index (χ1n) is 4.31. The summed E-state index contributed by atoms with van der Waals surface area (Å²) in [4.78, 5) is 2.09. The highest BCUT2D eigenvalue weighted by Crippen LogP contribution is 2.12. The molecule has 0 saturated carbocycles. The van der Waals surface area contributed by atoms with Gasteiger partial charge in [0.15, 0.2) is 0 Å². The van der Waals surface area contributed by atoms with Crippen LogP contribution < -0.4 is 0 Å². The van der Waals surface area contributed by atoms with Gasteiger partial charge >= 0.3 is 0 Å². The molecule has 2 heteroatoms. The van der Waals surface area contributed by atoms with E-state index in [4.69, 9.17) is 12.2 Å². The Morgan fingerprint density at radius 2 is 1.91 bits per heavy atom. The van der Waals surface area contributed by atoms with Crippen LogP contribution in [0.4, 0.5) is 0 Å². The number of hydrogen-bond donors (Lipinski definition) is 0. The van der Waals surface area contributed by atoms with Crippen LogP contribution in [-0.4, -0.2) is 23.0 Å². The van der Waals surface area contributed by atoms with Crippen LogP contribution in [0.15, 0.2) is 0 Å². The molecule has 2 atom stereocenters. The Labute approximate surface area is 75.8 Å². The first kappa shape index (κ1) is 10.9. The number of rotatable bonds is 5. The molecule has 0 spiro atoms. The van der Waals surface area contributed by atoms with Crippen LogP contribution in [0, 0.1) is 5.92 Å². The Balaban J connectivity index is 3.96. The Bertz CT molecular complexity index is 114. The van der Waals surface area contributed by atoms with Crippen molar-refractivity contribution in [1.29, 1.82) is 0 Å². The van der Waals surface area contributed by atoms with Gasteiger partial charge in [0.2, 0.25) is 0 Å². The fourth-order valence-electron chi connectivity index (χ4n) is 1.08. The predicted molar refractivity (Wildman–Crippen MR) is 53.9 cm³/mol. The first-order valence-corrected chi connectivity index (χ1v) is 4.72. The van der Waals surface area contributed by atoms with Gasteiger partial charge in [-0.25, -0.2) is 0 Å². The highest BCUT2D eigenvalue weighted by atomic mass is 32.1. The normalized spacial score (nSPS) is 15.6. The fourth-order valence-corrected chi connectivity index (χ4v) is 1.38. The van der Waals surface area contributed by atoms with Gasteiger partial charge in [-0.3, -0.25) is 0 Å². The van der Waals surface area contributed by atoms with E-state index in [1.54, 1.807) is 0 Å². The van der Waals surface area contributed by atoms with Crippen LogP contribution >= 0.6 is 12.2 Å². The molecule has 0 amide bonds. The minimum absolute atomic E-state index is 0.530. The minimum Gasteiger partial charge on any atom is -0.358 e. The van der Waals surface area contributed by atoms with Gasteiger partial charge in [-0.15, -0.1) is 0 Å². The van der Waals surface area contributed by atoms with Crippen molar-refractivity contribution in [2.45, 2.75) is 40.2 Å². The molecule has 0 N–H and O–H groups in total. The molecule has 0 aromatic carbocycles. The van der Waals surface area contributed by atoms with E-state index in [2.05, 4.69) is 38.1 Å². The maximum absolute atomic E-state index is 4.79. The van der Waals surface area contributed by atoms with E-state index >= 15 is 0 Å². The van der Waals surface area contributed by atoms with Gasteiger partial charge in [-0.1, -0.05) is 32.5 Å². The molecule has 65 valence electrons. The van der Waals surface area contributed by atoms with Crippen molar-refractivity contribution in [3.05, 3.63) is 0 Å². The van der Waals surface area contributed by atoms with Gasteiger partial charge in [0, 0.05) is 12.6 Å². The Morgan fingerprint density at radius 3 is 2.18 bits per heavy atom. The highest BCUT2D eigenvalue weighted by molar-refractivity contribution is 7.78. The van der Waals surface area contributed by atoms with E-state index < -0.39 is 0 Å². The SMILES string of the molecule is CCC(C)C(C)N([C]=S)CC. The maximum atomic E-state index is 4.79. The van der Waals surface area contributed by atoms with Crippen molar-refractivity contribution < 1.29 is 0 Å². The second-order valence-corrected chi connectivity index (χ2v) is 3.19. The Morgan fingerprint density at radius 1 is 1.36 bits per heavy atom. The third-order valence-electron chi connectivity index (χ3n) is 2.42. The summed E-state index contributed by atoms with van der Waals surface area (Å²) < 4.78 is 0. The van der Waals surface area contributed by atoms with Crippen LogP contribution in [-0.2, 0) is 0 Å². The van der Waals surface area contributed by atoms with Crippen molar-refractivity contribution in [2.75, 3.05) is 6.54 Å². The molecule has 0 heterocycles. The Hall–Kier alpha value is -0.110. The first-order chi connectivity index (χ1) is 5.17. The van der Waals surface area contributed by atoms with Crippen molar-refractivity contribution in [3.8, 4) is 0 Å². The molecule has 0 aliphatic rings. The average Bonchev–Trinajstić information content (AvgIpc) is 2.05. The molecule has 0 rings (SSSR count). The molecule has 0 aliphatic carbocycles. The zero-order valence-corrected chi connectivity index (χ0v) is 8.74. The predicted octanol–water partition coefficient (Wildman–Crippen LogP) is 2.58. The number of nitrogens with zero attached hydrogens (tertiary/aromatic N) is 1. The second-order valence-electron chi connectivity index (χ2n) is 3.00. The lowest BCUT2D eigenvalue weighted by Gasteiger charge is -2.28. The van der Waals surface area contributed by atoms with Crippen molar-refractivity contribution in [3.63, 3.8) is 0 Å². The zero-order valence-electron chi connectivity index (χ0n) is 7.92. The van der Waals surface area contributed by atoms with E-state index in [1.807, 2.05) is 0 Å². The van der Waals surface area contributed by atoms with E-state index in [0.29, 0.717) is 12.0 Å². The summed E-state index contributed by atoms with van der Waals surface area (Å²) >= 11 is 4.79. The van der Waals surface area contributed by atoms with Crippen LogP contribution in [0.5, 0.6) is 0 Å². The van der Waals surface area contributed by atoms with Crippen molar-refractivity contribution >= 4 is 17.7 Å². The average molecular weight is 172 g/mol. The molecule has 1 radical (unpaired) electrons. The number of hydrogen-bond acceptors (Lipinski definition) is 1. The smallest absolute Gasteiger partial charge is 0.137 e. The summed E-state index contributed by atoms with van der Waals surface area (Å²) in [5, 5.41) is 0. The van der Waals surface area contributed by atoms with E-state index in [0.717, 1.165) is 6.54 Å². The van der Waals surface area contributed by atoms with Crippen molar-refractivity contribution in [2.24, 2.45) is 5.92 Å². The largest absolute Gasteiger partial charge is 0.358 e. The second kappa shape index (κ2) is 5.53. The summed E-state index contributed by atoms with van der Waals surface area (Å²) in [7, 11) is 0. The lowest BCUT2D eigenvalue weighted by Crippen LogP contribution is -2.35. The standard InChI is InChI=1S/C9H18NS/c1-5-8(3)9(4)10(6-2)7-11/h8-9H,5-6H2,1-4H3. The zero-order chi connectivity index (χ0) is 8.85. The van der Waals surface area contributed by atoms with Gasteiger partial charge < -0.3 is 4.90 Å². The lowest BCUT2D eigenvalue weighted by molar-refractivity contribution is 0.269. The number of thiocarbonyl (C=S) groups is 1. The Kier molecular flexibility index (Phi) is 5.47. The minimum atomic E-state index is 0.530. The summed E-state index contributed by atoms with van der Waals surface area (Å²) in [6, 6.07) is 0.530. The van der Waals surface area contributed by atoms with Gasteiger partial charge in [-0.05, 0) is 19.8 Å². The summed E-state index contributed by atoms with van der Waals surface area (Å²) in [5.41, 5.74) is 2.78. The summed E-state index contributed by atoms with van der Waals surface area (Å²) in [6.07, 6.45) is 1.20. The van der Waals surface area contributed by atoms with Gasteiger partial charge in [-0.2, -0.15) is 0 Å². The molecule has 2 unspecified atom stereocenters. The van der Waals surface area contributed by atoms with E-state index in [9.17, 15) is 0 Å².